The van der Waals surface area contributed by atoms with Crippen molar-refractivity contribution in [2.45, 2.75) is 303 Å². The highest BCUT2D eigenvalue weighted by Gasteiger charge is 2.19. The Morgan fingerprint density at radius 1 is 0.276 bits per heavy atom. The van der Waals surface area contributed by atoms with E-state index in [0.29, 0.717) is 19.3 Å². The Balaban J connectivity index is 4.39. The fourth-order valence-electron chi connectivity index (χ4n) is 8.75. The van der Waals surface area contributed by atoms with E-state index >= 15 is 0 Å². The number of unbranched alkanes of at least 4 members (excludes halogenated alkanes) is 28. The van der Waals surface area contributed by atoms with Crippen LogP contribution in [0.15, 0.2) is 109 Å². The molecule has 0 amide bonds. The van der Waals surface area contributed by atoms with Gasteiger partial charge in [0.05, 0.1) is 0 Å². The zero-order valence-electron chi connectivity index (χ0n) is 49.7. The van der Waals surface area contributed by atoms with E-state index in [0.717, 1.165) is 103 Å². The Morgan fingerprint density at radius 2 is 0.513 bits per heavy atom. The molecule has 0 aliphatic rings. The van der Waals surface area contributed by atoms with Gasteiger partial charge >= 0.3 is 17.9 Å². The maximum atomic E-state index is 12.9. The maximum absolute atomic E-state index is 12.9. The summed E-state index contributed by atoms with van der Waals surface area (Å²) in [5, 5.41) is 0. The standard InChI is InChI=1S/C70H118O6/c1-4-7-10-13-16-19-22-25-27-29-31-33-34-35-36-38-39-41-43-45-48-51-54-57-60-63-69(72)75-66-67(65-74-68(71)62-59-56-53-50-47-24-21-18-15-12-9-6-3)76-70(73)64-61-58-55-52-49-46-44-42-40-37-32-30-28-26-23-20-17-14-11-8-5-2/h8,11,17,20,22,25-26,28-29,31-32,34-35,37,42,44,49,52,67H,4-7,9-10,12-16,18-19,21,23-24,27,30,33,36,38-41,43,45-48,50-51,53-66H2,1-3H3/b11-8-,20-17-,25-22-,28-26-,31-29-,35-34-,37-32-,44-42-,52-49-. The molecule has 0 bridgehead atoms. The van der Waals surface area contributed by atoms with Crippen LogP contribution in [0.1, 0.15) is 297 Å². The van der Waals surface area contributed by atoms with Crippen LogP contribution in [0.5, 0.6) is 0 Å². The van der Waals surface area contributed by atoms with E-state index in [4.69, 9.17) is 14.2 Å². The lowest BCUT2D eigenvalue weighted by Gasteiger charge is -2.18. The number of esters is 3. The molecule has 0 aliphatic carbocycles. The predicted octanol–water partition coefficient (Wildman–Crippen LogP) is 21.8. The number of ether oxygens (including phenoxy) is 3. The normalized spacial score (nSPS) is 12.8. The number of carbonyl (C=O) groups excluding carboxylic acids is 3. The van der Waals surface area contributed by atoms with Crippen molar-refractivity contribution in [3.8, 4) is 0 Å². The van der Waals surface area contributed by atoms with Crippen LogP contribution in [-0.2, 0) is 28.6 Å². The monoisotopic (exact) mass is 1050 g/mol. The third-order valence-electron chi connectivity index (χ3n) is 13.5. The van der Waals surface area contributed by atoms with E-state index in [1.165, 1.54) is 148 Å². The molecule has 0 aromatic heterocycles. The van der Waals surface area contributed by atoms with Crippen LogP contribution in [0, 0.1) is 0 Å². The van der Waals surface area contributed by atoms with Gasteiger partial charge in [0, 0.05) is 19.3 Å². The minimum absolute atomic E-state index is 0.0959. The highest BCUT2D eigenvalue weighted by molar-refractivity contribution is 5.71. The molecule has 76 heavy (non-hydrogen) atoms. The Kier molecular flexibility index (Phi) is 60.3. The molecule has 0 aromatic carbocycles. The Labute approximate surface area is 470 Å². The molecule has 0 fully saturated rings. The topological polar surface area (TPSA) is 78.9 Å². The molecule has 434 valence electrons. The zero-order chi connectivity index (χ0) is 55.0. The van der Waals surface area contributed by atoms with Crippen LogP contribution in [-0.4, -0.2) is 37.2 Å². The second-order valence-corrected chi connectivity index (χ2v) is 20.9. The van der Waals surface area contributed by atoms with E-state index < -0.39 is 6.10 Å². The smallest absolute Gasteiger partial charge is 0.306 e. The third kappa shape index (κ3) is 60.9. The summed E-state index contributed by atoms with van der Waals surface area (Å²) in [5.41, 5.74) is 0. The molecule has 0 saturated heterocycles. The number of carbonyl (C=O) groups is 3. The van der Waals surface area contributed by atoms with Gasteiger partial charge in [0.15, 0.2) is 6.10 Å². The minimum atomic E-state index is -0.804. The fraction of sp³-hybridized carbons (Fsp3) is 0.700. The summed E-state index contributed by atoms with van der Waals surface area (Å²) in [6, 6.07) is 0. The first kappa shape index (κ1) is 72.1. The number of rotatable bonds is 57. The van der Waals surface area contributed by atoms with Gasteiger partial charge in [0.2, 0.25) is 0 Å². The molecule has 0 spiro atoms. The zero-order valence-corrected chi connectivity index (χ0v) is 49.7. The third-order valence-corrected chi connectivity index (χ3v) is 13.5. The Morgan fingerprint density at radius 3 is 0.829 bits per heavy atom. The highest BCUT2D eigenvalue weighted by atomic mass is 16.6. The van der Waals surface area contributed by atoms with Gasteiger partial charge < -0.3 is 14.2 Å². The van der Waals surface area contributed by atoms with Crippen molar-refractivity contribution >= 4 is 17.9 Å². The molecule has 0 aromatic rings. The first-order valence-corrected chi connectivity index (χ1v) is 31.9. The molecule has 1 atom stereocenters. The lowest BCUT2D eigenvalue weighted by molar-refractivity contribution is -0.167. The van der Waals surface area contributed by atoms with Gasteiger partial charge in [-0.2, -0.15) is 0 Å². The quantitative estimate of drug-likeness (QED) is 0.0261. The molecule has 6 heteroatoms. The molecule has 6 nitrogen and oxygen atoms in total. The summed E-state index contributed by atoms with van der Waals surface area (Å²) in [7, 11) is 0. The summed E-state index contributed by atoms with van der Waals surface area (Å²) in [5.74, 6) is -0.937. The fourth-order valence-corrected chi connectivity index (χ4v) is 8.75. The predicted molar refractivity (Wildman–Crippen MR) is 330 cm³/mol. The van der Waals surface area contributed by atoms with E-state index in [1.807, 2.05) is 0 Å². The van der Waals surface area contributed by atoms with Gasteiger partial charge in [-0.05, 0) is 109 Å². The summed E-state index contributed by atoms with van der Waals surface area (Å²) in [4.78, 5) is 38.3. The largest absolute Gasteiger partial charge is 0.462 e. The van der Waals surface area contributed by atoms with Crippen molar-refractivity contribution in [1.29, 1.82) is 0 Å². The minimum Gasteiger partial charge on any atom is -0.462 e. The lowest BCUT2D eigenvalue weighted by atomic mass is 10.0. The van der Waals surface area contributed by atoms with E-state index in [-0.39, 0.29) is 37.5 Å². The van der Waals surface area contributed by atoms with Crippen LogP contribution in [0.25, 0.3) is 0 Å². The van der Waals surface area contributed by atoms with Gasteiger partial charge in [0.25, 0.3) is 0 Å². The summed E-state index contributed by atoms with van der Waals surface area (Å²) >= 11 is 0. The molecular weight excluding hydrogens is 937 g/mol. The van der Waals surface area contributed by atoms with Crippen molar-refractivity contribution in [1.82, 2.24) is 0 Å². The second-order valence-electron chi connectivity index (χ2n) is 20.9. The molecule has 0 aliphatic heterocycles. The summed E-state index contributed by atoms with van der Waals surface area (Å²) in [6.45, 7) is 6.49. The van der Waals surface area contributed by atoms with Crippen LogP contribution in [0.2, 0.25) is 0 Å². The van der Waals surface area contributed by atoms with Crippen LogP contribution in [0.4, 0.5) is 0 Å². The van der Waals surface area contributed by atoms with Crippen molar-refractivity contribution < 1.29 is 28.6 Å². The first-order chi connectivity index (χ1) is 37.5. The second kappa shape index (κ2) is 63.6. The number of hydrogen-bond donors (Lipinski definition) is 0. The SMILES string of the molecule is CC/C=C\C/C=C\C/C=C\C/C=C\C/C=C\C/C=C\CCCCC(=O)OC(COC(=O)CCCCCCCCCCCC/C=C\C/C=C\C/C=C\CCCCCCC)COC(=O)CCCCCCCCCCCCCC. The molecule has 0 radical (unpaired) electrons. The average molecular weight is 1060 g/mol. The van der Waals surface area contributed by atoms with Crippen molar-refractivity contribution in [3.05, 3.63) is 109 Å². The van der Waals surface area contributed by atoms with Crippen molar-refractivity contribution in [3.63, 3.8) is 0 Å². The summed E-state index contributed by atoms with van der Waals surface area (Å²) in [6.07, 6.45) is 86.6. The lowest BCUT2D eigenvalue weighted by Crippen LogP contribution is -2.30. The first-order valence-electron chi connectivity index (χ1n) is 31.9. The van der Waals surface area contributed by atoms with Gasteiger partial charge in [-0.1, -0.05) is 278 Å². The van der Waals surface area contributed by atoms with Crippen molar-refractivity contribution in [2.24, 2.45) is 0 Å². The van der Waals surface area contributed by atoms with Crippen LogP contribution < -0.4 is 0 Å². The van der Waals surface area contributed by atoms with Gasteiger partial charge in [-0.15, -0.1) is 0 Å². The van der Waals surface area contributed by atoms with Gasteiger partial charge in [0.1, 0.15) is 13.2 Å². The molecule has 0 rings (SSSR count). The highest BCUT2D eigenvalue weighted by Crippen LogP contribution is 2.16. The Bertz CT molecular complexity index is 1540. The maximum Gasteiger partial charge on any atom is 0.306 e. The van der Waals surface area contributed by atoms with Crippen LogP contribution >= 0.6 is 0 Å². The molecule has 0 N–H and O–H groups in total. The van der Waals surface area contributed by atoms with Crippen LogP contribution in [0.3, 0.4) is 0 Å². The molecule has 0 saturated carbocycles. The number of allylic oxidation sites excluding steroid dienone is 18. The molecule has 0 heterocycles. The van der Waals surface area contributed by atoms with E-state index in [2.05, 4.69) is 130 Å². The van der Waals surface area contributed by atoms with Gasteiger partial charge in [-0.3, -0.25) is 14.4 Å². The van der Waals surface area contributed by atoms with Crippen molar-refractivity contribution in [2.75, 3.05) is 13.2 Å². The summed E-state index contributed by atoms with van der Waals surface area (Å²) < 4.78 is 16.9. The van der Waals surface area contributed by atoms with E-state index in [1.54, 1.807) is 0 Å². The molecular formula is C70H118O6. The Hall–Kier alpha value is -3.93. The van der Waals surface area contributed by atoms with E-state index in [9.17, 15) is 14.4 Å². The number of hydrogen-bond acceptors (Lipinski definition) is 6. The molecule has 1 unspecified atom stereocenters. The van der Waals surface area contributed by atoms with Gasteiger partial charge in [-0.25, -0.2) is 0 Å². The average Bonchev–Trinajstić information content (AvgIpc) is 3.42.